The van der Waals surface area contributed by atoms with Crippen molar-refractivity contribution in [2.24, 2.45) is 0 Å². The van der Waals surface area contributed by atoms with Gasteiger partial charge in [-0.05, 0) is 24.3 Å². The number of pyridine rings is 1. The maximum absolute atomic E-state index is 12.1. The van der Waals surface area contributed by atoms with E-state index in [2.05, 4.69) is 35.4 Å². The molecule has 0 atom stereocenters. The smallest absolute Gasteiger partial charge is 0.238 e. The molecule has 9 nitrogen and oxygen atoms in total. The van der Waals surface area contributed by atoms with Crippen LogP contribution in [0, 0.1) is 0 Å². The summed E-state index contributed by atoms with van der Waals surface area (Å²) in [5, 5.41) is 15.2. The number of piperazine rings is 1. The standard InChI is InChI=1S/C16H18N8O/c25-16(19-13-2-1-5-17-10-13)11-22-6-8-23(9-7-22)15-4-3-14-20-18-12-24(14)21-15/h1-5,10,12H,6-9,11H2,(H,19,25). The van der Waals surface area contributed by atoms with Crippen LogP contribution >= 0.6 is 0 Å². The van der Waals surface area contributed by atoms with Crippen molar-refractivity contribution in [2.75, 3.05) is 42.9 Å². The summed E-state index contributed by atoms with van der Waals surface area (Å²) < 4.78 is 1.67. The largest absolute Gasteiger partial charge is 0.353 e. The summed E-state index contributed by atoms with van der Waals surface area (Å²) in [5.41, 5.74) is 1.45. The van der Waals surface area contributed by atoms with Gasteiger partial charge < -0.3 is 10.2 Å². The molecule has 9 heteroatoms. The third kappa shape index (κ3) is 3.56. The van der Waals surface area contributed by atoms with Crippen molar-refractivity contribution in [3.8, 4) is 0 Å². The molecular formula is C16H18N8O. The Morgan fingerprint density at radius 2 is 2.04 bits per heavy atom. The molecule has 1 amide bonds. The van der Waals surface area contributed by atoms with Crippen LogP contribution in [-0.2, 0) is 4.79 Å². The second kappa shape index (κ2) is 6.81. The van der Waals surface area contributed by atoms with Gasteiger partial charge in [-0.3, -0.25) is 14.7 Å². The van der Waals surface area contributed by atoms with Gasteiger partial charge >= 0.3 is 0 Å². The Hall–Kier alpha value is -3.07. The molecule has 0 unspecified atom stereocenters. The zero-order valence-electron chi connectivity index (χ0n) is 13.6. The first-order chi connectivity index (χ1) is 12.3. The third-order valence-corrected chi connectivity index (χ3v) is 4.16. The maximum atomic E-state index is 12.1. The van der Waals surface area contributed by atoms with E-state index in [4.69, 9.17) is 0 Å². The zero-order chi connectivity index (χ0) is 17.1. The van der Waals surface area contributed by atoms with E-state index in [-0.39, 0.29) is 5.91 Å². The highest BCUT2D eigenvalue weighted by molar-refractivity contribution is 5.92. The molecule has 0 radical (unpaired) electrons. The minimum atomic E-state index is -0.0227. The molecule has 1 aliphatic heterocycles. The lowest BCUT2D eigenvalue weighted by Crippen LogP contribution is -2.49. The fourth-order valence-corrected chi connectivity index (χ4v) is 2.86. The fraction of sp³-hybridized carbons (Fsp3) is 0.312. The molecule has 4 heterocycles. The van der Waals surface area contributed by atoms with E-state index in [0.717, 1.165) is 43.3 Å². The van der Waals surface area contributed by atoms with Gasteiger partial charge in [0.25, 0.3) is 0 Å². The van der Waals surface area contributed by atoms with E-state index >= 15 is 0 Å². The first-order valence-corrected chi connectivity index (χ1v) is 8.12. The van der Waals surface area contributed by atoms with Crippen LogP contribution in [0.15, 0.2) is 43.0 Å². The number of aromatic nitrogens is 5. The molecule has 3 aromatic rings. The molecule has 0 spiro atoms. The summed E-state index contributed by atoms with van der Waals surface area (Å²) in [6, 6.07) is 7.49. The average molecular weight is 338 g/mol. The monoisotopic (exact) mass is 338 g/mol. The Labute approximate surface area is 144 Å². The Morgan fingerprint density at radius 3 is 2.84 bits per heavy atom. The first-order valence-electron chi connectivity index (χ1n) is 8.12. The van der Waals surface area contributed by atoms with Crippen molar-refractivity contribution < 1.29 is 4.79 Å². The highest BCUT2D eigenvalue weighted by atomic mass is 16.2. The number of fused-ring (bicyclic) bond motifs is 1. The average Bonchev–Trinajstić information content (AvgIpc) is 3.11. The van der Waals surface area contributed by atoms with Gasteiger partial charge in [0, 0.05) is 32.4 Å². The molecule has 0 bridgehead atoms. The van der Waals surface area contributed by atoms with Crippen molar-refractivity contribution in [3.63, 3.8) is 0 Å². The van der Waals surface area contributed by atoms with Crippen molar-refractivity contribution in [2.45, 2.75) is 0 Å². The summed E-state index contributed by atoms with van der Waals surface area (Å²) in [7, 11) is 0. The third-order valence-electron chi connectivity index (χ3n) is 4.16. The Bertz CT molecular complexity index is 857. The first kappa shape index (κ1) is 15.5. The van der Waals surface area contributed by atoms with E-state index in [1.165, 1.54) is 0 Å². The van der Waals surface area contributed by atoms with E-state index in [9.17, 15) is 4.79 Å². The molecule has 4 rings (SSSR count). The van der Waals surface area contributed by atoms with Crippen LogP contribution in [-0.4, -0.2) is 68.3 Å². The van der Waals surface area contributed by atoms with Gasteiger partial charge in [-0.15, -0.1) is 15.3 Å². The van der Waals surface area contributed by atoms with E-state index in [1.807, 2.05) is 18.2 Å². The van der Waals surface area contributed by atoms with Crippen molar-refractivity contribution in [1.82, 2.24) is 29.7 Å². The summed E-state index contributed by atoms with van der Waals surface area (Å²) in [5.74, 6) is 0.872. The van der Waals surface area contributed by atoms with Gasteiger partial charge in [0.2, 0.25) is 5.91 Å². The lowest BCUT2D eigenvalue weighted by molar-refractivity contribution is -0.117. The number of carbonyl (C=O) groups excluding carboxylic acids is 1. The molecule has 25 heavy (non-hydrogen) atoms. The van der Waals surface area contributed by atoms with E-state index in [1.54, 1.807) is 29.3 Å². The normalized spacial score (nSPS) is 15.4. The SMILES string of the molecule is O=C(CN1CCN(c2ccc3nncn3n2)CC1)Nc1cccnc1. The minimum absolute atomic E-state index is 0.0227. The number of amides is 1. The number of nitrogens with one attached hydrogen (secondary N) is 1. The van der Waals surface area contributed by atoms with Crippen LogP contribution in [0.25, 0.3) is 5.65 Å². The predicted octanol–water partition coefficient (Wildman–Crippen LogP) is 0.280. The summed E-state index contributed by atoms with van der Waals surface area (Å²) in [6.07, 6.45) is 4.92. The molecule has 0 aromatic carbocycles. The maximum Gasteiger partial charge on any atom is 0.238 e. The number of hydrogen-bond acceptors (Lipinski definition) is 7. The predicted molar refractivity (Wildman–Crippen MR) is 92.3 cm³/mol. The van der Waals surface area contributed by atoms with Crippen LogP contribution in [0.5, 0.6) is 0 Å². The van der Waals surface area contributed by atoms with Crippen molar-refractivity contribution >= 4 is 23.1 Å². The Morgan fingerprint density at radius 1 is 1.16 bits per heavy atom. The van der Waals surface area contributed by atoms with Gasteiger partial charge in [0.15, 0.2) is 5.65 Å². The van der Waals surface area contributed by atoms with E-state index in [0.29, 0.717) is 6.54 Å². The van der Waals surface area contributed by atoms with Gasteiger partial charge in [-0.1, -0.05) is 0 Å². The summed E-state index contributed by atoms with van der Waals surface area (Å²) >= 11 is 0. The molecule has 0 aliphatic carbocycles. The summed E-state index contributed by atoms with van der Waals surface area (Å²) in [6.45, 7) is 3.63. The Kier molecular flexibility index (Phi) is 4.21. The molecule has 1 saturated heterocycles. The number of hydrogen-bond donors (Lipinski definition) is 1. The quantitative estimate of drug-likeness (QED) is 0.730. The minimum Gasteiger partial charge on any atom is -0.353 e. The molecule has 1 N–H and O–H groups in total. The number of nitrogens with zero attached hydrogens (tertiary/aromatic N) is 7. The molecule has 0 saturated carbocycles. The zero-order valence-corrected chi connectivity index (χ0v) is 13.6. The Balaban J connectivity index is 1.31. The van der Waals surface area contributed by atoms with E-state index < -0.39 is 0 Å². The number of carbonyl (C=O) groups is 1. The van der Waals surface area contributed by atoms with Crippen molar-refractivity contribution in [3.05, 3.63) is 43.0 Å². The van der Waals surface area contributed by atoms with Gasteiger partial charge in [-0.25, -0.2) is 0 Å². The lowest BCUT2D eigenvalue weighted by Gasteiger charge is -2.34. The van der Waals surface area contributed by atoms with Crippen LogP contribution in [0.4, 0.5) is 11.5 Å². The number of rotatable bonds is 4. The summed E-state index contributed by atoms with van der Waals surface area (Å²) in [4.78, 5) is 20.5. The topological polar surface area (TPSA) is 91.6 Å². The highest BCUT2D eigenvalue weighted by Gasteiger charge is 2.20. The van der Waals surface area contributed by atoms with Crippen LogP contribution in [0.2, 0.25) is 0 Å². The molecule has 3 aromatic heterocycles. The van der Waals surface area contributed by atoms with Crippen LogP contribution in [0.3, 0.4) is 0 Å². The van der Waals surface area contributed by atoms with Gasteiger partial charge in [0.1, 0.15) is 12.1 Å². The molecule has 128 valence electrons. The second-order valence-corrected chi connectivity index (χ2v) is 5.88. The number of anilines is 2. The van der Waals surface area contributed by atoms with Gasteiger partial charge in [-0.2, -0.15) is 4.52 Å². The van der Waals surface area contributed by atoms with Crippen molar-refractivity contribution in [1.29, 1.82) is 0 Å². The highest BCUT2D eigenvalue weighted by Crippen LogP contribution is 2.14. The van der Waals surface area contributed by atoms with Crippen LogP contribution in [0.1, 0.15) is 0 Å². The lowest BCUT2D eigenvalue weighted by atomic mass is 10.3. The van der Waals surface area contributed by atoms with Gasteiger partial charge in [0.05, 0.1) is 18.4 Å². The fourth-order valence-electron chi connectivity index (χ4n) is 2.86. The molecule has 1 aliphatic rings. The molecule has 1 fully saturated rings. The van der Waals surface area contributed by atoms with Crippen LogP contribution < -0.4 is 10.2 Å². The molecular weight excluding hydrogens is 320 g/mol. The second-order valence-electron chi connectivity index (χ2n) is 5.88.